The predicted octanol–water partition coefficient (Wildman–Crippen LogP) is 3.92. The molecule has 0 radical (unpaired) electrons. The molecule has 2 rings (SSSR count). The summed E-state index contributed by atoms with van der Waals surface area (Å²) in [6.07, 6.45) is 0.815. The van der Waals surface area contributed by atoms with E-state index < -0.39 is 11.9 Å². The Morgan fingerprint density at radius 3 is 2.57 bits per heavy atom. The van der Waals surface area contributed by atoms with Crippen molar-refractivity contribution in [2.45, 2.75) is 51.2 Å². The molecular formula is C14H21F3N4. The van der Waals surface area contributed by atoms with Crippen LogP contribution in [-0.2, 0) is 6.18 Å². The van der Waals surface area contributed by atoms with Gasteiger partial charge in [-0.15, -0.1) is 0 Å². The quantitative estimate of drug-likeness (QED) is 0.831. The third-order valence-corrected chi connectivity index (χ3v) is 3.85. The fourth-order valence-corrected chi connectivity index (χ4v) is 2.62. The minimum Gasteiger partial charge on any atom is -0.367 e. The van der Waals surface area contributed by atoms with E-state index >= 15 is 0 Å². The van der Waals surface area contributed by atoms with E-state index in [4.69, 9.17) is 0 Å². The fourth-order valence-electron chi connectivity index (χ4n) is 2.62. The fraction of sp³-hybridized carbons (Fsp3) is 0.714. The van der Waals surface area contributed by atoms with Gasteiger partial charge in [-0.2, -0.15) is 18.2 Å². The number of hydrogen-bond donors (Lipinski definition) is 2. The number of nitrogens with one attached hydrogen (secondary N) is 2. The zero-order chi connectivity index (χ0) is 15.5. The Hall–Kier alpha value is -1.53. The van der Waals surface area contributed by atoms with Gasteiger partial charge in [-0.1, -0.05) is 19.8 Å². The maximum atomic E-state index is 12.8. The number of alkyl halides is 3. The molecule has 1 fully saturated rings. The van der Waals surface area contributed by atoms with Crippen LogP contribution in [0.15, 0.2) is 6.07 Å². The molecule has 2 unspecified atom stereocenters. The molecule has 21 heavy (non-hydrogen) atoms. The maximum Gasteiger partial charge on any atom is 0.433 e. The van der Waals surface area contributed by atoms with Gasteiger partial charge in [0.25, 0.3) is 0 Å². The van der Waals surface area contributed by atoms with E-state index in [0.29, 0.717) is 5.92 Å². The average Bonchev–Trinajstić information content (AvgIpc) is 2.62. The van der Waals surface area contributed by atoms with E-state index in [1.807, 2.05) is 0 Å². The summed E-state index contributed by atoms with van der Waals surface area (Å²) in [5.41, 5.74) is -0.925. The van der Waals surface area contributed by atoms with Gasteiger partial charge in [-0.3, -0.25) is 0 Å². The second-order valence-electron chi connectivity index (χ2n) is 5.66. The van der Waals surface area contributed by atoms with Crippen LogP contribution < -0.4 is 10.6 Å². The number of rotatable bonds is 3. The SMILES string of the molecule is CNc1nc(NC2CCCC(C)CC2)cc(C(F)(F)F)n1. The molecule has 2 N–H and O–H groups in total. The van der Waals surface area contributed by atoms with Gasteiger partial charge in [0.05, 0.1) is 0 Å². The van der Waals surface area contributed by atoms with Gasteiger partial charge < -0.3 is 10.6 Å². The number of hydrogen-bond acceptors (Lipinski definition) is 4. The van der Waals surface area contributed by atoms with Crippen molar-refractivity contribution in [1.82, 2.24) is 9.97 Å². The molecule has 7 heteroatoms. The van der Waals surface area contributed by atoms with Crippen LogP contribution in [0, 0.1) is 5.92 Å². The minimum atomic E-state index is -4.47. The highest BCUT2D eigenvalue weighted by Crippen LogP contribution is 2.30. The molecule has 0 spiro atoms. The highest BCUT2D eigenvalue weighted by Gasteiger charge is 2.34. The molecular weight excluding hydrogens is 281 g/mol. The Balaban J connectivity index is 2.15. The van der Waals surface area contributed by atoms with Crippen molar-refractivity contribution < 1.29 is 13.2 Å². The maximum absolute atomic E-state index is 12.8. The minimum absolute atomic E-state index is 0.0192. The van der Waals surface area contributed by atoms with Gasteiger partial charge in [0.15, 0.2) is 5.69 Å². The van der Waals surface area contributed by atoms with Crippen LogP contribution in [0.2, 0.25) is 0 Å². The smallest absolute Gasteiger partial charge is 0.367 e. The Kier molecular flexibility index (Phi) is 4.90. The largest absolute Gasteiger partial charge is 0.433 e. The molecule has 1 aromatic rings. The first kappa shape index (κ1) is 15.9. The molecule has 0 aromatic carbocycles. The first-order valence-electron chi connectivity index (χ1n) is 7.29. The number of halogens is 3. The van der Waals surface area contributed by atoms with E-state index in [1.165, 1.54) is 13.5 Å². The van der Waals surface area contributed by atoms with E-state index in [2.05, 4.69) is 27.5 Å². The van der Waals surface area contributed by atoms with Crippen LogP contribution in [0.25, 0.3) is 0 Å². The van der Waals surface area contributed by atoms with E-state index in [9.17, 15) is 13.2 Å². The van der Waals surface area contributed by atoms with Crippen molar-refractivity contribution in [3.63, 3.8) is 0 Å². The highest BCUT2D eigenvalue weighted by atomic mass is 19.4. The van der Waals surface area contributed by atoms with Gasteiger partial charge in [-0.25, -0.2) is 4.98 Å². The summed E-state index contributed by atoms with van der Waals surface area (Å²) in [5, 5.41) is 5.71. The summed E-state index contributed by atoms with van der Waals surface area (Å²) >= 11 is 0. The molecule has 1 aliphatic rings. The van der Waals surface area contributed by atoms with Crippen LogP contribution >= 0.6 is 0 Å². The predicted molar refractivity (Wildman–Crippen MR) is 76.2 cm³/mol. The molecule has 0 saturated heterocycles. The van der Waals surface area contributed by atoms with Gasteiger partial charge in [0.1, 0.15) is 5.82 Å². The monoisotopic (exact) mass is 302 g/mol. The second-order valence-corrected chi connectivity index (χ2v) is 5.66. The summed E-state index contributed by atoms with van der Waals surface area (Å²) in [4.78, 5) is 7.54. The summed E-state index contributed by atoms with van der Waals surface area (Å²) < 4.78 is 38.5. The van der Waals surface area contributed by atoms with Gasteiger partial charge in [-0.05, 0) is 25.2 Å². The topological polar surface area (TPSA) is 49.8 Å². The molecule has 118 valence electrons. The van der Waals surface area contributed by atoms with E-state index in [0.717, 1.165) is 31.7 Å². The normalized spacial score (nSPS) is 23.5. The molecule has 4 nitrogen and oxygen atoms in total. The Morgan fingerprint density at radius 2 is 1.90 bits per heavy atom. The molecule has 0 bridgehead atoms. The van der Waals surface area contributed by atoms with Crippen molar-refractivity contribution >= 4 is 11.8 Å². The van der Waals surface area contributed by atoms with Crippen molar-refractivity contribution in [3.8, 4) is 0 Å². The molecule has 1 aliphatic carbocycles. The van der Waals surface area contributed by atoms with Crippen molar-refractivity contribution in [2.75, 3.05) is 17.7 Å². The molecule has 1 heterocycles. The molecule has 0 aliphatic heterocycles. The number of aromatic nitrogens is 2. The first-order valence-corrected chi connectivity index (χ1v) is 7.29. The van der Waals surface area contributed by atoms with Crippen LogP contribution in [0.4, 0.5) is 24.9 Å². The Bertz CT molecular complexity index is 476. The van der Waals surface area contributed by atoms with Crippen LogP contribution in [0.5, 0.6) is 0 Å². The van der Waals surface area contributed by atoms with Gasteiger partial charge >= 0.3 is 6.18 Å². The molecule has 2 atom stereocenters. The van der Waals surface area contributed by atoms with Crippen LogP contribution in [0.1, 0.15) is 44.7 Å². The molecule has 0 amide bonds. The Labute approximate surface area is 122 Å². The summed E-state index contributed by atoms with van der Waals surface area (Å²) in [7, 11) is 1.51. The van der Waals surface area contributed by atoms with Crippen molar-refractivity contribution in [2.24, 2.45) is 5.92 Å². The lowest BCUT2D eigenvalue weighted by atomic mass is 10.0. The second kappa shape index (κ2) is 6.49. The average molecular weight is 302 g/mol. The lowest BCUT2D eigenvalue weighted by Gasteiger charge is -2.18. The zero-order valence-corrected chi connectivity index (χ0v) is 12.3. The number of nitrogens with zero attached hydrogens (tertiary/aromatic N) is 2. The standard InChI is InChI=1S/C14H21F3N4/c1-9-4-3-5-10(7-6-9)19-12-8-11(14(15,16)17)20-13(18-2)21-12/h8-10H,3-7H2,1-2H3,(H2,18,19,20,21). The lowest BCUT2D eigenvalue weighted by Crippen LogP contribution is -2.21. The van der Waals surface area contributed by atoms with Crippen molar-refractivity contribution in [1.29, 1.82) is 0 Å². The third kappa shape index (κ3) is 4.47. The summed E-state index contributed by atoms with van der Waals surface area (Å²) in [6, 6.07) is 1.16. The van der Waals surface area contributed by atoms with Gasteiger partial charge in [0.2, 0.25) is 5.95 Å². The van der Waals surface area contributed by atoms with Crippen molar-refractivity contribution in [3.05, 3.63) is 11.8 Å². The van der Waals surface area contributed by atoms with Crippen LogP contribution in [-0.4, -0.2) is 23.1 Å². The van der Waals surface area contributed by atoms with Crippen LogP contribution in [0.3, 0.4) is 0 Å². The number of anilines is 2. The lowest BCUT2D eigenvalue weighted by molar-refractivity contribution is -0.141. The van der Waals surface area contributed by atoms with E-state index in [-0.39, 0.29) is 17.8 Å². The molecule has 1 aromatic heterocycles. The van der Waals surface area contributed by atoms with E-state index in [1.54, 1.807) is 0 Å². The van der Waals surface area contributed by atoms with Gasteiger partial charge in [0, 0.05) is 19.2 Å². The summed E-state index contributed by atoms with van der Waals surface area (Å²) in [6.45, 7) is 2.22. The first-order chi connectivity index (χ1) is 9.88. The summed E-state index contributed by atoms with van der Waals surface area (Å²) in [5.74, 6) is 0.899. The zero-order valence-electron chi connectivity index (χ0n) is 12.3. The third-order valence-electron chi connectivity index (χ3n) is 3.85. The highest BCUT2D eigenvalue weighted by molar-refractivity contribution is 5.43. The Morgan fingerprint density at radius 1 is 1.14 bits per heavy atom. The molecule has 1 saturated carbocycles.